The van der Waals surface area contributed by atoms with Crippen molar-refractivity contribution in [1.29, 1.82) is 0 Å². The van der Waals surface area contributed by atoms with Crippen molar-refractivity contribution in [2.45, 2.75) is 38.8 Å². The fraction of sp³-hybridized carbons (Fsp3) is 0.348. The molecule has 1 aromatic carbocycles. The molecule has 1 heterocycles. The SMILES string of the molecule is C#CC1=CCC=C(CN2CCCC2C(=O)NCc2ccccc2C)C=C1. The van der Waals surface area contributed by atoms with Crippen molar-refractivity contribution in [3.05, 3.63) is 70.8 Å². The number of terminal acetylenes is 1. The lowest BCUT2D eigenvalue weighted by molar-refractivity contribution is -0.125. The predicted octanol–water partition coefficient (Wildman–Crippen LogP) is 3.52. The summed E-state index contributed by atoms with van der Waals surface area (Å²) in [5, 5.41) is 3.12. The van der Waals surface area contributed by atoms with E-state index in [2.05, 4.69) is 53.4 Å². The van der Waals surface area contributed by atoms with Gasteiger partial charge in [-0.25, -0.2) is 0 Å². The van der Waals surface area contributed by atoms with E-state index in [0.717, 1.165) is 37.9 Å². The molecule has 1 fully saturated rings. The number of nitrogens with zero attached hydrogens (tertiary/aromatic N) is 1. The van der Waals surface area contributed by atoms with Crippen LogP contribution < -0.4 is 5.32 Å². The molecule has 0 radical (unpaired) electrons. The highest BCUT2D eigenvalue weighted by atomic mass is 16.2. The number of carbonyl (C=O) groups excluding carboxylic acids is 1. The zero-order valence-corrected chi connectivity index (χ0v) is 15.4. The Bertz CT molecular complexity index is 795. The van der Waals surface area contributed by atoms with Crippen LogP contribution in [0.5, 0.6) is 0 Å². The van der Waals surface area contributed by atoms with E-state index < -0.39 is 0 Å². The molecule has 3 heteroatoms. The molecule has 1 aliphatic carbocycles. The van der Waals surface area contributed by atoms with Crippen LogP contribution in [0.3, 0.4) is 0 Å². The summed E-state index contributed by atoms with van der Waals surface area (Å²) < 4.78 is 0. The van der Waals surface area contributed by atoms with Crippen molar-refractivity contribution in [3.8, 4) is 12.3 Å². The Kier molecular flexibility index (Phi) is 6.09. The molecule has 1 aliphatic heterocycles. The topological polar surface area (TPSA) is 32.3 Å². The van der Waals surface area contributed by atoms with Gasteiger partial charge in [-0.3, -0.25) is 9.69 Å². The van der Waals surface area contributed by atoms with Crippen LogP contribution in [0.25, 0.3) is 0 Å². The van der Waals surface area contributed by atoms with Gasteiger partial charge < -0.3 is 5.32 Å². The minimum absolute atomic E-state index is 0.0448. The number of hydrogen-bond donors (Lipinski definition) is 1. The van der Waals surface area contributed by atoms with E-state index in [-0.39, 0.29) is 11.9 Å². The Hall–Kier alpha value is -2.57. The van der Waals surface area contributed by atoms with E-state index in [1.807, 2.05) is 18.2 Å². The summed E-state index contributed by atoms with van der Waals surface area (Å²) >= 11 is 0. The van der Waals surface area contributed by atoms with Crippen LogP contribution in [0.1, 0.15) is 30.4 Å². The van der Waals surface area contributed by atoms with Gasteiger partial charge >= 0.3 is 0 Å². The third-order valence-corrected chi connectivity index (χ3v) is 5.13. The van der Waals surface area contributed by atoms with Gasteiger partial charge in [0.25, 0.3) is 0 Å². The highest BCUT2D eigenvalue weighted by molar-refractivity contribution is 5.82. The zero-order chi connectivity index (χ0) is 18.4. The molecule has 0 saturated carbocycles. The molecular weight excluding hydrogens is 320 g/mol. The Morgan fingerprint density at radius 2 is 2.15 bits per heavy atom. The van der Waals surface area contributed by atoms with Crippen molar-refractivity contribution >= 4 is 5.91 Å². The van der Waals surface area contributed by atoms with E-state index in [0.29, 0.717) is 6.54 Å². The molecule has 26 heavy (non-hydrogen) atoms. The molecule has 3 nitrogen and oxygen atoms in total. The molecule has 1 atom stereocenters. The van der Waals surface area contributed by atoms with Gasteiger partial charge in [0, 0.05) is 18.7 Å². The maximum absolute atomic E-state index is 12.7. The number of hydrogen-bond acceptors (Lipinski definition) is 2. The first-order valence-corrected chi connectivity index (χ1v) is 9.27. The molecule has 134 valence electrons. The normalized spacial score (nSPS) is 20.1. The van der Waals surface area contributed by atoms with E-state index in [1.165, 1.54) is 16.7 Å². The standard InChI is InChI=1S/C23H26N2O/c1-3-19-9-6-10-20(14-13-19)17-25-15-7-12-22(25)23(26)24-16-21-11-5-4-8-18(21)2/h1,4-5,8-11,13-14,22H,6-7,12,15-17H2,2H3,(H,24,26). The Morgan fingerprint density at radius 3 is 2.96 bits per heavy atom. The van der Waals surface area contributed by atoms with E-state index in [1.54, 1.807) is 0 Å². The van der Waals surface area contributed by atoms with Crippen LogP contribution in [0, 0.1) is 19.3 Å². The number of carbonyl (C=O) groups is 1. The van der Waals surface area contributed by atoms with Crippen molar-refractivity contribution in [1.82, 2.24) is 10.2 Å². The Morgan fingerprint density at radius 1 is 1.31 bits per heavy atom. The van der Waals surface area contributed by atoms with Crippen LogP contribution in [-0.2, 0) is 11.3 Å². The Labute approximate surface area is 156 Å². The maximum atomic E-state index is 12.7. The first-order chi connectivity index (χ1) is 12.7. The van der Waals surface area contributed by atoms with Gasteiger partial charge in [0.15, 0.2) is 0 Å². The lowest BCUT2D eigenvalue weighted by atomic mass is 10.1. The summed E-state index contributed by atoms with van der Waals surface area (Å²) in [6.45, 7) is 4.42. The van der Waals surface area contributed by atoms with E-state index in [9.17, 15) is 4.79 Å². The number of rotatable bonds is 5. The fourth-order valence-electron chi connectivity index (χ4n) is 3.55. The summed E-state index contributed by atoms with van der Waals surface area (Å²) in [5.41, 5.74) is 4.53. The minimum Gasteiger partial charge on any atom is -0.351 e. The third-order valence-electron chi connectivity index (χ3n) is 5.13. The second-order valence-electron chi connectivity index (χ2n) is 6.92. The number of amides is 1. The molecule has 0 bridgehead atoms. The molecule has 1 aromatic rings. The van der Waals surface area contributed by atoms with Gasteiger partial charge in [0.2, 0.25) is 5.91 Å². The average molecular weight is 346 g/mol. The van der Waals surface area contributed by atoms with Crippen LogP contribution in [0.4, 0.5) is 0 Å². The summed E-state index contributed by atoms with van der Waals surface area (Å²) in [6.07, 6.45) is 16.6. The molecule has 0 spiro atoms. The first kappa shape index (κ1) is 18.2. The molecule has 1 saturated heterocycles. The molecule has 2 aliphatic rings. The highest BCUT2D eigenvalue weighted by Gasteiger charge is 2.30. The summed E-state index contributed by atoms with van der Waals surface area (Å²) in [5.74, 6) is 2.82. The lowest BCUT2D eigenvalue weighted by Gasteiger charge is -2.24. The van der Waals surface area contributed by atoms with Crippen molar-refractivity contribution in [2.75, 3.05) is 13.1 Å². The monoisotopic (exact) mass is 346 g/mol. The minimum atomic E-state index is -0.0448. The zero-order valence-electron chi connectivity index (χ0n) is 15.4. The molecule has 1 unspecified atom stereocenters. The van der Waals surface area contributed by atoms with Gasteiger partial charge in [-0.2, -0.15) is 0 Å². The van der Waals surface area contributed by atoms with Gasteiger partial charge in [-0.15, -0.1) is 6.42 Å². The quantitative estimate of drug-likeness (QED) is 0.828. The van der Waals surface area contributed by atoms with Crippen LogP contribution >= 0.6 is 0 Å². The number of aryl methyl sites for hydroxylation is 1. The summed E-state index contributed by atoms with van der Waals surface area (Å²) in [6, 6.07) is 8.14. The average Bonchev–Trinajstić information content (AvgIpc) is 2.99. The molecule has 0 aromatic heterocycles. The number of allylic oxidation sites excluding steroid dienone is 4. The molecular formula is C23H26N2O. The number of nitrogens with one attached hydrogen (secondary N) is 1. The summed E-state index contributed by atoms with van der Waals surface area (Å²) in [7, 11) is 0. The number of likely N-dealkylation sites (tertiary alicyclic amines) is 1. The van der Waals surface area contributed by atoms with E-state index >= 15 is 0 Å². The van der Waals surface area contributed by atoms with Gasteiger partial charge in [0.1, 0.15) is 0 Å². The van der Waals surface area contributed by atoms with Crippen LogP contribution in [0.2, 0.25) is 0 Å². The molecule has 3 rings (SSSR count). The summed E-state index contributed by atoms with van der Waals surface area (Å²) in [4.78, 5) is 15.0. The van der Waals surface area contributed by atoms with Crippen LogP contribution in [-0.4, -0.2) is 29.9 Å². The smallest absolute Gasteiger partial charge is 0.237 e. The second-order valence-corrected chi connectivity index (χ2v) is 6.92. The second kappa shape index (κ2) is 8.69. The van der Waals surface area contributed by atoms with Crippen molar-refractivity contribution in [3.63, 3.8) is 0 Å². The van der Waals surface area contributed by atoms with Gasteiger partial charge in [-0.05, 0) is 55.5 Å². The number of benzene rings is 1. The van der Waals surface area contributed by atoms with Crippen LogP contribution in [0.15, 0.2) is 59.7 Å². The Balaban J connectivity index is 1.58. The fourth-order valence-corrected chi connectivity index (χ4v) is 3.55. The maximum Gasteiger partial charge on any atom is 0.237 e. The predicted molar refractivity (Wildman–Crippen MR) is 106 cm³/mol. The van der Waals surface area contributed by atoms with Crippen molar-refractivity contribution < 1.29 is 4.79 Å². The molecule has 1 amide bonds. The van der Waals surface area contributed by atoms with Gasteiger partial charge in [-0.1, -0.05) is 48.4 Å². The first-order valence-electron chi connectivity index (χ1n) is 9.27. The lowest BCUT2D eigenvalue weighted by Crippen LogP contribution is -2.43. The van der Waals surface area contributed by atoms with Gasteiger partial charge in [0.05, 0.1) is 6.04 Å². The van der Waals surface area contributed by atoms with E-state index in [4.69, 9.17) is 6.42 Å². The third kappa shape index (κ3) is 4.53. The largest absolute Gasteiger partial charge is 0.351 e. The molecule has 1 N–H and O–H groups in total. The van der Waals surface area contributed by atoms with Crippen molar-refractivity contribution in [2.24, 2.45) is 0 Å². The highest BCUT2D eigenvalue weighted by Crippen LogP contribution is 2.21.